The Morgan fingerprint density at radius 2 is 1.21 bits per heavy atom. The Morgan fingerprint density at radius 3 is 1.77 bits per heavy atom. The van der Waals surface area contributed by atoms with Gasteiger partial charge in [-0.2, -0.15) is 0 Å². The Kier molecular flexibility index (Phi) is 22.0. The third-order valence-corrected chi connectivity index (χ3v) is 16.8. The van der Waals surface area contributed by atoms with Gasteiger partial charge in [-0.15, -0.1) is 0 Å². The van der Waals surface area contributed by atoms with Gasteiger partial charge in [0.1, 0.15) is 42.0 Å². The first-order valence-corrected chi connectivity index (χ1v) is 29.6. The monoisotopic (exact) mass is 1190 g/mol. The molecule has 454 valence electrons. The summed E-state index contributed by atoms with van der Waals surface area (Å²) < 4.78 is 23.0. The zero-order chi connectivity index (χ0) is 61.2. The molecule has 7 rings (SSSR count). The number of rotatable bonds is 16. The first-order valence-electron chi connectivity index (χ1n) is 28.0. The summed E-state index contributed by atoms with van der Waals surface area (Å²) in [7, 11) is -3.17. The summed E-state index contributed by atoms with van der Waals surface area (Å²) in [6, 6.07) is 16.4. The van der Waals surface area contributed by atoms with E-state index in [0.717, 1.165) is 78.0 Å². The standard InChI is InChI=1S/C59H76N7O17P/c1-6-7-8-25-83-43-21-19-39(20-22-43)37-13-11-36(12-14-37)38-15-17-40(18-16-38)53(73)61-45-27-41(69)29-60-57(77)51-52(72)32(2)30-66(51)59(79)49(34(4)68)63-56(76)50(47(71)26-35-9-23-44(24-10-35)84(80,81)82-5)64-55(75)46-28-42(70)31-65(46)58(78)48(33(3)67)62-54(45)74/h9-24,32-34,41-42,45-52,67-72H,6-8,25-31H2,1-5H3,(H,60,77)(H,61,73)(H,62,74)(H,63,76)(H,64,75)(H,80,81)/t32-,33+,34+,41+,42+,45-,46-,47+,48-,49-,50-,51-,52-/m0/s1. The van der Waals surface area contributed by atoms with Crippen LogP contribution >= 0.6 is 7.60 Å². The number of carbonyl (C=O) groups excluding carboxylic acids is 7. The van der Waals surface area contributed by atoms with Crippen molar-refractivity contribution in [3.63, 3.8) is 0 Å². The summed E-state index contributed by atoms with van der Waals surface area (Å²) in [6.45, 7) is 5.19. The van der Waals surface area contributed by atoms with Gasteiger partial charge in [-0.05, 0) is 84.5 Å². The molecule has 25 heteroatoms. The van der Waals surface area contributed by atoms with E-state index in [4.69, 9.17) is 4.74 Å². The molecule has 84 heavy (non-hydrogen) atoms. The van der Waals surface area contributed by atoms with Gasteiger partial charge in [0.15, 0.2) is 0 Å². The van der Waals surface area contributed by atoms with Gasteiger partial charge in [-0.3, -0.25) is 38.1 Å². The maximum absolute atomic E-state index is 14.5. The number of hydrogen-bond acceptors (Lipinski definition) is 16. The minimum Gasteiger partial charge on any atom is -0.494 e. The lowest BCUT2D eigenvalue weighted by molar-refractivity contribution is -0.147. The Balaban J connectivity index is 1.16. The van der Waals surface area contributed by atoms with Gasteiger partial charge in [-0.1, -0.05) is 87.4 Å². The maximum atomic E-state index is 14.5. The third kappa shape index (κ3) is 15.8. The summed E-state index contributed by atoms with van der Waals surface area (Å²) in [4.78, 5) is 112. The number of hydrogen-bond donors (Lipinski definition) is 12. The van der Waals surface area contributed by atoms with E-state index < -0.39 is 160 Å². The van der Waals surface area contributed by atoms with E-state index in [2.05, 4.69) is 38.0 Å². The van der Waals surface area contributed by atoms with Crippen LogP contribution in [-0.4, -0.2) is 193 Å². The topological polar surface area (TPSA) is 363 Å². The lowest BCUT2D eigenvalue weighted by Gasteiger charge is -2.33. The number of benzene rings is 4. The highest BCUT2D eigenvalue weighted by atomic mass is 31.2. The highest BCUT2D eigenvalue weighted by molar-refractivity contribution is 7.61. The Morgan fingerprint density at radius 1 is 0.679 bits per heavy atom. The molecule has 0 aliphatic carbocycles. The number of aliphatic hydroxyl groups excluding tert-OH is 6. The van der Waals surface area contributed by atoms with Crippen molar-refractivity contribution >= 4 is 54.3 Å². The highest BCUT2D eigenvalue weighted by Crippen LogP contribution is 2.39. The average molecular weight is 1190 g/mol. The molecule has 3 fully saturated rings. The van der Waals surface area contributed by atoms with Gasteiger partial charge >= 0.3 is 7.60 Å². The van der Waals surface area contributed by atoms with Crippen LogP contribution in [0.25, 0.3) is 22.3 Å². The first-order chi connectivity index (χ1) is 39.9. The van der Waals surface area contributed by atoms with Crippen LogP contribution in [0.1, 0.15) is 75.7 Å². The molecule has 0 radical (unpaired) electrons. The number of fused-ring (bicyclic) bond motifs is 2. The second-order valence-corrected chi connectivity index (χ2v) is 23.7. The van der Waals surface area contributed by atoms with Crippen molar-refractivity contribution in [1.82, 2.24) is 36.4 Å². The number of unbranched alkanes of at least 4 members (excludes halogenated alkanes) is 2. The van der Waals surface area contributed by atoms with Crippen LogP contribution in [0.5, 0.6) is 5.75 Å². The van der Waals surface area contributed by atoms with Crippen LogP contribution < -0.4 is 36.6 Å². The largest absolute Gasteiger partial charge is 0.494 e. The number of ether oxygens (including phenoxy) is 1. The van der Waals surface area contributed by atoms with Crippen molar-refractivity contribution in [2.24, 2.45) is 5.92 Å². The SMILES string of the molecule is CCCCCOc1ccc(-c2ccc(-c3ccc(C(=O)N[C@H]4C[C@@H](O)CNC(=O)[C@@H]5[C@@H](O)[C@@H](C)CN5C(=O)[C@H]([C@@H](C)O)NC(=O)[C@H]([C@H](O)Cc5ccc(P(=O)(O)OC)cc5)NC(=O)[C@@H]5C[C@@H](O)CN5C(=O)[C@H]([C@@H](C)O)NC4=O)cc3)cc2)cc1. The van der Waals surface area contributed by atoms with Crippen molar-refractivity contribution in [2.45, 2.75) is 139 Å². The smallest absolute Gasteiger partial charge is 0.358 e. The molecule has 24 nitrogen and oxygen atoms in total. The lowest BCUT2D eigenvalue weighted by Crippen LogP contribution is -2.64. The molecular weight excluding hydrogens is 1110 g/mol. The Hall–Kier alpha value is -7.12. The molecule has 0 aromatic heterocycles. The van der Waals surface area contributed by atoms with E-state index in [9.17, 15) is 73.7 Å². The zero-order valence-electron chi connectivity index (χ0n) is 47.4. The fourth-order valence-corrected chi connectivity index (χ4v) is 11.2. The van der Waals surface area contributed by atoms with Crippen molar-refractivity contribution in [2.75, 3.05) is 33.4 Å². The number of nitrogens with zero attached hydrogens (tertiary/aromatic N) is 2. The number of carbonyl (C=O) groups is 7. The van der Waals surface area contributed by atoms with E-state index in [1.807, 2.05) is 48.5 Å². The van der Waals surface area contributed by atoms with E-state index >= 15 is 0 Å². The summed E-state index contributed by atoms with van der Waals surface area (Å²) in [6.07, 6.45) is -8.18. The molecule has 12 N–H and O–H groups in total. The van der Waals surface area contributed by atoms with Crippen molar-refractivity contribution in [1.29, 1.82) is 0 Å². The van der Waals surface area contributed by atoms with Crippen LogP contribution in [-0.2, 0) is 44.3 Å². The minimum absolute atomic E-state index is 0.0764. The van der Waals surface area contributed by atoms with Crippen molar-refractivity contribution in [3.8, 4) is 28.0 Å². The fourth-order valence-electron chi connectivity index (χ4n) is 10.5. The van der Waals surface area contributed by atoms with E-state index in [-0.39, 0.29) is 23.0 Å². The van der Waals surface area contributed by atoms with Crippen LogP contribution in [0, 0.1) is 5.92 Å². The summed E-state index contributed by atoms with van der Waals surface area (Å²) >= 11 is 0. The minimum atomic E-state index is -4.20. The Labute approximate surface area is 486 Å². The molecule has 0 bridgehead atoms. The molecule has 4 aromatic carbocycles. The predicted molar refractivity (Wildman–Crippen MR) is 306 cm³/mol. The molecule has 3 saturated heterocycles. The van der Waals surface area contributed by atoms with Crippen molar-refractivity contribution < 1.29 is 82.9 Å². The van der Waals surface area contributed by atoms with Crippen LogP contribution in [0.15, 0.2) is 97.1 Å². The van der Waals surface area contributed by atoms with Crippen LogP contribution in [0.2, 0.25) is 0 Å². The fraction of sp³-hybridized carbons (Fsp3) is 0.475. The molecule has 3 aliphatic rings. The summed E-state index contributed by atoms with van der Waals surface area (Å²) in [5.41, 5.74) is 3.88. The van der Waals surface area contributed by atoms with Gasteiger partial charge in [0.2, 0.25) is 35.4 Å². The van der Waals surface area contributed by atoms with Gasteiger partial charge in [-0.25, -0.2) is 0 Å². The predicted octanol–water partition coefficient (Wildman–Crippen LogP) is 0.0151. The van der Waals surface area contributed by atoms with Gasteiger partial charge in [0.05, 0.1) is 48.5 Å². The summed E-state index contributed by atoms with van der Waals surface area (Å²) in [5, 5.41) is 79.7. The number of β-amino-alcohol motifs (C(OH)–C–C–N with tert-alkyl or cyclic N) is 1. The second kappa shape index (κ2) is 28.6. The van der Waals surface area contributed by atoms with Crippen molar-refractivity contribution in [3.05, 3.63) is 108 Å². The van der Waals surface area contributed by atoms with Crippen LogP contribution in [0.4, 0.5) is 0 Å². The molecule has 14 atom stereocenters. The molecule has 7 amide bonds. The first kappa shape index (κ1) is 64.4. The van der Waals surface area contributed by atoms with Gasteiger partial charge in [0, 0.05) is 57.5 Å². The highest BCUT2D eigenvalue weighted by Gasteiger charge is 2.49. The molecule has 1 unspecified atom stereocenters. The number of amides is 7. The maximum Gasteiger partial charge on any atom is 0.358 e. The second-order valence-electron chi connectivity index (χ2n) is 21.8. The van der Waals surface area contributed by atoms with Gasteiger partial charge < -0.3 is 81.2 Å². The molecule has 4 aromatic rings. The molecule has 0 saturated carbocycles. The van der Waals surface area contributed by atoms with Crippen LogP contribution in [0.3, 0.4) is 0 Å². The molecular formula is C59H76N7O17P. The summed E-state index contributed by atoms with van der Waals surface area (Å²) in [5.74, 6) is -7.43. The Bertz CT molecular complexity index is 3000. The molecule has 3 heterocycles. The normalized spacial score (nSPS) is 26.7. The quantitative estimate of drug-likeness (QED) is 0.0520. The van der Waals surface area contributed by atoms with Gasteiger partial charge in [0.25, 0.3) is 5.91 Å². The molecule has 3 aliphatic heterocycles. The molecule has 0 spiro atoms. The lowest BCUT2D eigenvalue weighted by atomic mass is 9.99. The zero-order valence-corrected chi connectivity index (χ0v) is 48.3. The van der Waals surface area contributed by atoms with E-state index in [1.165, 1.54) is 43.3 Å². The number of nitrogens with one attached hydrogen (secondary N) is 5. The third-order valence-electron chi connectivity index (χ3n) is 15.4. The van der Waals surface area contributed by atoms with E-state index in [1.54, 1.807) is 12.1 Å². The van der Waals surface area contributed by atoms with E-state index in [0.29, 0.717) is 6.61 Å². The number of aliphatic hydroxyl groups is 6. The average Bonchev–Trinajstić information content (AvgIpc) is 3.26.